The smallest absolute Gasteiger partial charge is 0.254 e. The third-order valence-electron chi connectivity index (χ3n) is 2.95. The average Bonchev–Trinajstić information content (AvgIpc) is 2.86. The van der Waals surface area contributed by atoms with E-state index >= 15 is 0 Å². The number of carbonyl (C=O) groups is 1. The van der Waals surface area contributed by atoms with Crippen molar-refractivity contribution in [2.75, 3.05) is 19.6 Å². The van der Waals surface area contributed by atoms with Gasteiger partial charge in [-0.25, -0.2) is 5.43 Å². The Morgan fingerprint density at radius 1 is 1.47 bits per heavy atom. The minimum Gasteiger partial charge on any atom is -0.507 e. The van der Waals surface area contributed by atoms with Crippen molar-refractivity contribution >= 4 is 28.1 Å². The molecule has 6 heteroatoms. The Morgan fingerprint density at radius 3 is 2.95 bits per heavy atom. The van der Waals surface area contributed by atoms with Crippen LogP contribution in [0.3, 0.4) is 0 Å². The van der Waals surface area contributed by atoms with Gasteiger partial charge in [-0.1, -0.05) is 15.9 Å². The largest absolute Gasteiger partial charge is 0.507 e. The Morgan fingerprint density at radius 2 is 2.21 bits per heavy atom. The fraction of sp³-hybridized carbons (Fsp3) is 0.385. The zero-order valence-electron chi connectivity index (χ0n) is 10.5. The Kier molecular flexibility index (Phi) is 4.93. The van der Waals surface area contributed by atoms with E-state index in [0.29, 0.717) is 12.1 Å². The molecule has 0 spiro atoms. The highest BCUT2D eigenvalue weighted by atomic mass is 79.9. The molecule has 1 aromatic rings. The SMILES string of the molecule is O=C(CN1CCCC1)N/N=C\c1cc(Br)ccc1O. The Hall–Kier alpha value is -1.40. The Balaban J connectivity index is 1.85. The summed E-state index contributed by atoms with van der Waals surface area (Å²) in [7, 11) is 0. The molecule has 5 nitrogen and oxygen atoms in total. The van der Waals surface area contributed by atoms with Crippen molar-refractivity contribution < 1.29 is 9.90 Å². The first-order valence-electron chi connectivity index (χ1n) is 6.18. The normalized spacial score (nSPS) is 16.1. The number of rotatable bonds is 4. The van der Waals surface area contributed by atoms with E-state index in [1.165, 1.54) is 6.21 Å². The van der Waals surface area contributed by atoms with Crippen LogP contribution in [0.15, 0.2) is 27.8 Å². The zero-order valence-corrected chi connectivity index (χ0v) is 12.1. The molecule has 1 amide bonds. The van der Waals surface area contributed by atoms with Crippen molar-refractivity contribution in [1.29, 1.82) is 0 Å². The molecule has 1 saturated heterocycles. The second-order valence-corrected chi connectivity index (χ2v) is 5.40. The molecule has 0 saturated carbocycles. The molecule has 2 N–H and O–H groups in total. The predicted octanol–water partition coefficient (Wildman–Crippen LogP) is 1.70. The number of aromatic hydroxyl groups is 1. The van der Waals surface area contributed by atoms with Crippen molar-refractivity contribution in [3.63, 3.8) is 0 Å². The quantitative estimate of drug-likeness (QED) is 0.654. The van der Waals surface area contributed by atoms with E-state index in [-0.39, 0.29) is 11.7 Å². The van der Waals surface area contributed by atoms with Crippen LogP contribution >= 0.6 is 15.9 Å². The number of nitrogens with zero attached hydrogens (tertiary/aromatic N) is 2. The van der Waals surface area contributed by atoms with Gasteiger partial charge in [0.25, 0.3) is 5.91 Å². The topological polar surface area (TPSA) is 64.9 Å². The first-order chi connectivity index (χ1) is 9.15. The number of hydrazone groups is 1. The highest BCUT2D eigenvalue weighted by molar-refractivity contribution is 9.10. The molecular formula is C13H16BrN3O2. The van der Waals surface area contributed by atoms with Gasteiger partial charge in [0.15, 0.2) is 0 Å². The van der Waals surface area contributed by atoms with Crippen LogP contribution in [0, 0.1) is 0 Å². The summed E-state index contributed by atoms with van der Waals surface area (Å²) in [6, 6.07) is 5.03. The molecule has 1 aliphatic heterocycles. The van der Waals surface area contributed by atoms with Crippen LogP contribution in [-0.4, -0.2) is 41.8 Å². The standard InChI is InChI=1S/C13H16BrN3O2/c14-11-3-4-12(18)10(7-11)8-15-16-13(19)9-17-5-1-2-6-17/h3-4,7-8,18H,1-2,5-6,9H2,(H,16,19)/b15-8-. The predicted molar refractivity (Wildman–Crippen MR) is 77.2 cm³/mol. The number of hydrogen-bond acceptors (Lipinski definition) is 4. The summed E-state index contributed by atoms with van der Waals surface area (Å²) >= 11 is 3.31. The lowest BCUT2D eigenvalue weighted by atomic mass is 10.2. The van der Waals surface area contributed by atoms with Gasteiger partial charge in [0, 0.05) is 10.0 Å². The lowest BCUT2D eigenvalue weighted by Crippen LogP contribution is -2.33. The fourth-order valence-corrected chi connectivity index (χ4v) is 2.36. The average molecular weight is 326 g/mol. The Labute approximate surface area is 120 Å². The molecule has 102 valence electrons. The maximum absolute atomic E-state index is 11.6. The highest BCUT2D eigenvalue weighted by Gasteiger charge is 2.14. The maximum Gasteiger partial charge on any atom is 0.254 e. The zero-order chi connectivity index (χ0) is 13.7. The molecule has 1 fully saturated rings. The third kappa shape index (κ3) is 4.33. The number of phenolic OH excluding ortho intramolecular Hbond substituents is 1. The van der Waals surface area contributed by atoms with Crippen molar-refractivity contribution in [3.05, 3.63) is 28.2 Å². The van der Waals surface area contributed by atoms with Crippen LogP contribution in [0.25, 0.3) is 0 Å². The first kappa shape index (κ1) is 14.0. The summed E-state index contributed by atoms with van der Waals surface area (Å²) in [5.41, 5.74) is 3.02. The van der Waals surface area contributed by atoms with Gasteiger partial charge in [-0.3, -0.25) is 9.69 Å². The molecule has 0 unspecified atom stereocenters. The van der Waals surface area contributed by atoms with Crippen molar-refractivity contribution in [2.45, 2.75) is 12.8 Å². The molecule has 0 bridgehead atoms. The molecule has 1 heterocycles. The van der Waals surface area contributed by atoms with Gasteiger partial charge in [0.05, 0.1) is 12.8 Å². The highest BCUT2D eigenvalue weighted by Crippen LogP contribution is 2.19. The van der Waals surface area contributed by atoms with E-state index < -0.39 is 0 Å². The number of amides is 1. The van der Waals surface area contributed by atoms with Gasteiger partial charge >= 0.3 is 0 Å². The Bertz CT molecular complexity index is 485. The van der Waals surface area contributed by atoms with E-state index in [4.69, 9.17) is 0 Å². The minimum atomic E-state index is -0.132. The van der Waals surface area contributed by atoms with Gasteiger partial charge in [0.1, 0.15) is 5.75 Å². The van der Waals surface area contributed by atoms with E-state index in [0.717, 1.165) is 30.4 Å². The molecule has 19 heavy (non-hydrogen) atoms. The van der Waals surface area contributed by atoms with E-state index in [1.54, 1.807) is 18.2 Å². The van der Waals surface area contributed by atoms with Gasteiger partial charge < -0.3 is 5.11 Å². The summed E-state index contributed by atoms with van der Waals surface area (Å²) in [5.74, 6) is -0.00613. The van der Waals surface area contributed by atoms with Crippen molar-refractivity contribution in [2.24, 2.45) is 5.10 Å². The van der Waals surface area contributed by atoms with Crippen LogP contribution in [-0.2, 0) is 4.79 Å². The number of likely N-dealkylation sites (tertiary alicyclic amines) is 1. The van der Waals surface area contributed by atoms with Gasteiger partial charge in [-0.05, 0) is 44.1 Å². The van der Waals surface area contributed by atoms with Crippen LogP contribution in [0.5, 0.6) is 5.75 Å². The van der Waals surface area contributed by atoms with E-state index in [9.17, 15) is 9.90 Å². The first-order valence-corrected chi connectivity index (χ1v) is 6.97. The molecule has 1 aliphatic rings. The van der Waals surface area contributed by atoms with Crippen LogP contribution in [0.4, 0.5) is 0 Å². The molecule has 0 aromatic heterocycles. The number of nitrogens with one attached hydrogen (secondary N) is 1. The maximum atomic E-state index is 11.6. The van der Waals surface area contributed by atoms with Gasteiger partial charge in [-0.15, -0.1) is 0 Å². The van der Waals surface area contributed by atoms with E-state index in [1.807, 2.05) is 0 Å². The monoisotopic (exact) mass is 325 g/mol. The minimum absolute atomic E-state index is 0.126. The molecule has 2 rings (SSSR count). The second-order valence-electron chi connectivity index (χ2n) is 4.48. The number of benzene rings is 1. The summed E-state index contributed by atoms with van der Waals surface area (Å²) in [6.45, 7) is 2.33. The molecular weight excluding hydrogens is 310 g/mol. The van der Waals surface area contributed by atoms with Crippen LogP contribution in [0.2, 0.25) is 0 Å². The lowest BCUT2D eigenvalue weighted by molar-refractivity contribution is -0.121. The number of carbonyl (C=O) groups excluding carboxylic acids is 1. The molecule has 1 aromatic carbocycles. The second kappa shape index (κ2) is 6.68. The lowest BCUT2D eigenvalue weighted by Gasteiger charge is -2.12. The van der Waals surface area contributed by atoms with Gasteiger partial charge in [-0.2, -0.15) is 5.10 Å². The van der Waals surface area contributed by atoms with Crippen molar-refractivity contribution in [1.82, 2.24) is 10.3 Å². The molecule has 0 aliphatic carbocycles. The third-order valence-corrected chi connectivity index (χ3v) is 3.44. The van der Waals surface area contributed by atoms with Crippen molar-refractivity contribution in [3.8, 4) is 5.75 Å². The van der Waals surface area contributed by atoms with E-state index in [2.05, 4.69) is 31.4 Å². The summed E-state index contributed by atoms with van der Waals surface area (Å²) in [4.78, 5) is 13.7. The number of phenols is 1. The van der Waals surface area contributed by atoms with Gasteiger partial charge in [0.2, 0.25) is 0 Å². The molecule has 0 radical (unpaired) electrons. The number of hydrogen-bond donors (Lipinski definition) is 2. The van der Waals surface area contributed by atoms with Crippen LogP contribution in [0.1, 0.15) is 18.4 Å². The summed E-state index contributed by atoms with van der Waals surface area (Å²) in [6.07, 6.45) is 3.74. The number of halogens is 1. The summed E-state index contributed by atoms with van der Waals surface area (Å²) < 4.78 is 0.843. The molecule has 0 atom stereocenters. The summed E-state index contributed by atoms with van der Waals surface area (Å²) in [5, 5.41) is 13.5. The fourth-order valence-electron chi connectivity index (χ4n) is 1.98. The van der Waals surface area contributed by atoms with Crippen LogP contribution < -0.4 is 5.43 Å².